The number of aromatic nitrogens is 3. The predicted octanol–water partition coefficient (Wildman–Crippen LogP) is 2.53. The van der Waals surface area contributed by atoms with Gasteiger partial charge in [0.25, 0.3) is 0 Å². The highest BCUT2D eigenvalue weighted by molar-refractivity contribution is 4.95. The minimum atomic E-state index is 0.389. The summed E-state index contributed by atoms with van der Waals surface area (Å²) < 4.78 is 1.99. The Bertz CT molecular complexity index is 352. The first-order chi connectivity index (χ1) is 8.17. The predicted molar refractivity (Wildman–Crippen MR) is 68.7 cm³/mol. The maximum atomic E-state index is 4.31. The topological polar surface area (TPSA) is 42.7 Å². The zero-order valence-corrected chi connectivity index (χ0v) is 11.2. The molecule has 1 heterocycles. The minimum Gasteiger partial charge on any atom is -0.309 e. The standard InChI is InChI=1S/C13H24N4/c1-4-5-13(6-7-13)9-14-8-12-15-10-16-17(12)11(2)3/h10-11,14H,4-9H2,1-3H3. The second-order valence-electron chi connectivity index (χ2n) is 5.57. The molecule has 0 atom stereocenters. The van der Waals surface area contributed by atoms with Crippen molar-refractivity contribution in [2.45, 2.75) is 59.0 Å². The smallest absolute Gasteiger partial charge is 0.141 e. The molecule has 0 aliphatic heterocycles. The largest absolute Gasteiger partial charge is 0.309 e. The summed E-state index contributed by atoms with van der Waals surface area (Å²) in [7, 11) is 0. The fourth-order valence-corrected chi connectivity index (χ4v) is 2.49. The van der Waals surface area contributed by atoms with Gasteiger partial charge in [-0.25, -0.2) is 9.67 Å². The van der Waals surface area contributed by atoms with Gasteiger partial charge in [-0.15, -0.1) is 0 Å². The van der Waals surface area contributed by atoms with Crippen LogP contribution in [0.15, 0.2) is 6.33 Å². The fourth-order valence-electron chi connectivity index (χ4n) is 2.49. The second-order valence-corrected chi connectivity index (χ2v) is 5.57. The maximum Gasteiger partial charge on any atom is 0.141 e. The van der Waals surface area contributed by atoms with Crippen LogP contribution in [0.25, 0.3) is 0 Å². The number of rotatable bonds is 7. The van der Waals surface area contributed by atoms with Crippen LogP contribution in [0.5, 0.6) is 0 Å². The molecule has 4 heteroatoms. The molecule has 1 aliphatic rings. The first-order valence-corrected chi connectivity index (χ1v) is 6.76. The molecule has 0 spiro atoms. The van der Waals surface area contributed by atoms with E-state index in [9.17, 15) is 0 Å². The monoisotopic (exact) mass is 236 g/mol. The molecule has 17 heavy (non-hydrogen) atoms. The van der Waals surface area contributed by atoms with Gasteiger partial charge in [-0.05, 0) is 38.5 Å². The maximum absolute atomic E-state index is 4.31. The van der Waals surface area contributed by atoms with Gasteiger partial charge in [0.15, 0.2) is 0 Å². The van der Waals surface area contributed by atoms with Crippen LogP contribution in [0.4, 0.5) is 0 Å². The van der Waals surface area contributed by atoms with Gasteiger partial charge in [-0.2, -0.15) is 5.10 Å². The summed E-state index contributed by atoms with van der Waals surface area (Å²) in [5, 5.41) is 7.80. The third kappa shape index (κ3) is 3.06. The molecule has 0 saturated heterocycles. The Labute approximate surface area is 104 Å². The van der Waals surface area contributed by atoms with Crippen molar-refractivity contribution in [3.63, 3.8) is 0 Å². The van der Waals surface area contributed by atoms with Crippen LogP contribution in [0.1, 0.15) is 58.3 Å². The molecule has 1 N–H and O–H groups in total. The summed E-state index contributed by atoms with van der Waals surface area (Å²) in [4.78, 5) is 4.31. The number of hydrogen-bond acceptors (Lipinski definition) is 3. The lowest BCUT2D eigenvalue weighted by Gasteiger charge is -2.15. The SMILES string of the molecule is CCCC1(CNCc2ncnn2C(C)C)CC1. The molecule has 0 aromatic carbocycles. The summed E-state index contributed by atoms with van der Waals surface area (Å²) in [6, 6.07) is 0.389. The lowest BCUT2D eigenvalue weighted by Crippen LogP contribution is -2.25. The second kappa shape index (κ2) is 5.17. The third-order valence-electron chi connectivity index (χ3n) is 3.66. The normalized spacial score (nSPS) is 17.6. The Morgan fingerprint density at radius 1 is 1.47 bits per heavy atom. The molecule has 1 saturated carbocycles. The summed E-state index contributed by atoms with van der Waals surface area (Å²) in [5.74, 6) is 1.05. The van der Waals surface area contributed by atoms with Crippen LogP contribution in [0.3, 0.4) is 0 Å². The molecular formula is C13H24N4. The van der Waals surface area contributed by atoms with Crippen molar-refractivity contribution in [3.05, 3.63) is 12.2 Å². The van der Waals surface area contributed by atoms with E-state index in [1.54, 1.807) is 6.33 Å². The number of hydrogen-bond donors (Lipinski definition) is 1. The first kappa shape index (κ1) is 12.6. The van der Waals surface area contributed by atoms with E-state index in [1.807, 2.05) is 4.68 Å². The van der Waals surface area contributed by atoms with Crippen molar-refractivity contribution in [2.24, 2.45) is 5.41 Å². The molecule has 0 amide bonds. The molecular weight excluding hydrogens is 212 g/mol. The average molecular weight is 236 g/mol. The minimum absolute atomic E-state index is 0.389. The zero-order valence-electron chi connectivity index (χ0n) is 11.2. The molecule has 0 radical (unpaired) electrons. The van der Waals surface area contributed by atoms with Gasteiger partial charge < -0.3 is 5.32 Å². The molecule has 1 aliphatic carbocycles. The lowest BCUT2D eigenvalue weighted by molar-refractivity contribution is 0.408. The van der Waals surface area contributed by atoms with Crippen molar-refractivity contribution in [2.75, 3.05) is 6.54 Å². The highest BCUT2D eigenvalue weighted by atomic mass is 15.4. The van der Waals surface area contributed by atoms with E-state index in [0.29, 0.717) is 11.5 Å². The third-order valence-corrected chi connectivity index (χ3v) is 3.66. The van der Waals surface area contributed by atoms with Crippen LogP contribution in [-0.4, -0.2) is 21.3 Å². The Morgan fingerprint density at radius 3 is 2.82 bits per heavy atom. The van der Waals surface area contributed by atoms with Crippen LogP contribution in [-0.2, 0) is 6.54 Å². The van der Waals surface area contributed by atoms with Gasteiger partial charge >= 0.3 is 0 Å². The summed E-state index contributed by atoms with van der Waals surface area (Å²) in [6.07, 6.45) is 7.09. The highest BCUT2D eigenvalue weighted by Gasteiger charge is 2.40. The van der Waals surface area contributed by atoms with E-state index in [0.717, 1.165) is 18.9 Å². The van der Waals surface area contributed by atoms with Crippen LogP contribution in [0.2, 0.25) is 0 Å². The van der Waals surface area contributed by atoms with Gasteiger partial charge in [-0.1, -0.05) is 13.3 Å². The Hall–Kier alpha value is -0.900. The van der Waals surface area contributed by atoms with E-state index >= 15 is 0 Å². The van der Waals surface area contributed by atoms with Crippen molar-refractivity contribution in [1.29, 1.82) is 0 Å². The highest BCUT2D eigenvalue weighted by Crippen LogP contribution is 2.48. The molecule has 1 aromatic rings. The zero-order chi connectivity index (χ0) is 12.3. The van der Waals surface area contributed by atoms with Crippen LogP contribution >= 0.6 is 0 Å². The van der Waals surface area contributed by atoms with Crippen molar-refractivity contribution in [3.8, 4) is 0 Å². The van der Waals surface area contributed by atoms with Crippen molar-refractivity contribution >= 4 is 0 Å². The fraction of sp³-hybridized carbons (Fsp3) is 0.846. The Morgan fingerprint density at radius 2 is 2.24 bits per heavy atom. The molecule has 1 aromatic heterocycles. The summed E-state index contributed by atoms with van der Waals surface area (Å²) in [5.41, 5.74) is 0.609. The van der Waals surface area contributed by atoms with Gasteiger partial charge in [0.1, 0.15) is 12.2 Å². The van der Waals surface area contributed by atoms with E-state index in [2.05, 4.69) is 36.2 Å². The number of nitrogens with one attached hydrogen (secondary N) is 1. The molecule has 0 unspecified atom stereocenters. The Balaban J connectivity index is 1.80. The average Bonchev–Trinajstić information content (AvgIpc) is 2.88. The first-order valence-electron chi connectivity index (χ1n) is 6.76. The quantitative estimate of drug-likeness (QED) is 0.791. The Kier molecular flexibility index (Phi) is 3.82. The summed E-state index contributed by atoms with van der Waals surface area (Å²) in [6.45, 7) is 8.51. The van der Waals surface area contributed by atoms with E-state index in [4.69, 9.17) is 0 Å². The van der Waals surface area contributed by atoms with E-state index < -0.39 is 0 Å². The van der Waals surface area contributed by atoms with Crippen LogP contribution in [0, 0.1) is 5.41 Å². The molecule has 4 nitrogen and oxygen atoms in total. The van der Waals surface area contributed by atoms with Crippen molar-refractivity contribution < 1.29 is 0 Å². The molecule has 96 valence electrons. The van der Waals surface area contributed by atoms with Gasteiger partial charge in [0.2, 0.25) is 0 Å². The molecule has 1 fully saturated rings. The number of nitrogens with zero attached hydrogens (tertiary/aromatic N) is 3. The van der Waals surface area contributed by atoms with Crippen LogP contribution < -0.4 is 5.32 Å². The van der Waals surface area contributed by atoms with E-state index in [-0.39, 0.29) is 0 Å². The van der Waals surface area contributed by atoms with E-state index in [1.165, 1.54) is 25.7 Å². The van der Waals surface area contributed by atoms with Gasteiger partial charge in [0.05, 0.1) is 6.54 Å². The molecule has 0 bridgehead atoms. The van der Waals surface area contributed by atoms with Gasteiger partial charge in [-0.3, -0.25) is 0 Å². The molecule has 2 rings (SSSR count). The van der Waals surface area contributed by atoms with Crippen molar-refractivity contribution in [1.82, 2.24) is 20.1 Å². The lowest BCUT2D eigenvalue weighted by atomic mass is 10.0. The summed E-state index contributed by atoms with van der Waals surface area (Å²) >= 11 is 0. The van der Waals surface area contributed by atoms with Gasteiger partial charge in [0, 0.05) is 12.6 Å².